The van der Waals surface area contributed by atoms with Crippen LogP contribution in [-0.4, -0.2) is 33.9 Å². The van der Waals surface area contributed by atoms with E-state index in [0.717, 1.165) is 10.4 Å². The maximum Gasteiger partial charge on any atom is 0.339 e. The van der Waals surface area contributed by atoms with Gasteiger partial charge in [0, 0.05) is 4.90 Å². The highest BCUT2D eigenvalue weighted by molar-refractivity contribution is 7.98. The van der Waals surface area contributed by atoms with Crippen LogP contribution in [0.3, 0.4) is 0 Å². The van der Waals surface area contributed by atoms with Crippen molar-refractivity contribution in [1.29, 1.82) is 5.26 Å². The molecule has 6 nitrogen and oxygen atoms in total. The second kappa shape index (κ2) is 7.76. The fourth-order valence-corrected chi connectivity index (χ4v) is 3.01. The van der Waals surface area contributed by atoms with Crippen molar-refractivity contribution in [1.82, 2.24) is 9.97 Å². The van der Waals surface area contributed by atoms with Crippen LogP contribution in [0.4, 0.5) is 0 Å². The Morgan fingerprint density at radius 2 is 2.00 bits per heavy atom. The number of para-hydroxylation sites is 2. The summed E-state index contributed by atoms with van der Waals surface area (Å²) in [5.74, 6) is -0.698. The van der Waals surface area contributed by atoms with E-state index in [2.05, 4.69) is 9.97 Å². The number of benzene rings is 2. The lowest BCUT2D eigenvalue weighted by atomic mass is 10.2. The number of aliphatic hydroxyl groups is 1. The standard InChI is InChI=1S/C19H15N3O3S/c1-26-17-9-5-2-6-12(17)19(24)25-11-16(23)13(10-20)18-21-14-7-3-4-8-15(14)22-18/h2-9,23H,11H2,1H3,(H,21,22)/b16-13-. The van der Waals surface area contributed by atoms with E-state index in [1.165, 1.54) is 11.8 Å². The Hall–Kier alpha value is -3.24. The van der Waals surface area contributed by atoms with Gasteiger partial charge in [0.25, 0.3) is 0 Å². The molecule has 130 valence electrons. The SMILES string of the molecule is CSc1ccccc1C(=O)OC/C(O)=C(\C#N)c1nc2ccccc2[nH]1. The van der Waals surface area contributed by atoms with Crippen molar-refractivity contribution < 1.29 is 14.6 Å². The fourth-order valence-electron chi connectivity index (χ4n) is 2.42. The molecule has 2 aromatic carbocycles. The van der Waals surface area contributed by atoms with E-state index < -0.39 is 12.6 Å². The summed E-state index contributed by atoms with van der Waals surface area (Å²) in [6.45, 7) is -0.415. The van der Waals surface area contributed by atoms with Crippen molar-refractivity contribution in [3.63, 3.8) is 0 Å². The van der Waals surface area contributed by atoms with Crippen LogP contribution in [0.5, 0.6) is 0 Å². The molecule has 7 heteroatoms. The number of ether oxygens (including phenoxy) is 1. The summed E-state index contributed by atoms with van der Waals surface area (Å²) in [6.07, 6.45) is 1.86. The van der Waals surface area contributed by atoms with Crippen LogP contribution < -0.4 is 0 Å². The molecule has 0 radical (unpaired) electrons. The largest absolute Gasteiger partial charge is 0.507 e. The zero-order chi connectivity index (χ0) is 18.5. The molecule has 1 heterocycles. The van der Waals surface area contributed by atoms with Crippen LogP contribution in [0.15, 0.2) is 59.2 Å². The smallest absolute Gasteiger partial charge is 0.339 e. The van der Waals surface area contributed by atoms with Crippen LogP contribution in [0.2, 0.25) is 0 Å². The number of fused-ring (bicyclic) bond motifs is 1. The van der Waals surface area contributed by atoms with Crippen molar-refractivity contribution >= 4 is 34.3 Å². The lowest BCUT2D eigenvalue weighted by molar-refractivity contribution is 0.0499. The van der Waals surface area contributed by atoms with E-state index in [1.807, 2.05) is 42.7 Å². The number of carbonyl (C=O) groups is 1. The molecular formula is C19H15N3O3S. The molecule has 3 aromatic rings. The van der Waals surface area contributed by atoms with Gasteiger partial charge in [0.2, 0.25) is 0 Å². The minimum absolute atomic E-state index is 0.0628. The molecule has 26 heavy (non-hydrogen) atoms. The molecule has 0 fully saturated rings. The van der Waals surface area contributed by atoms with Crippen LogP contribution >= 0.6 is 11.8 Å². The Kier molecular flexibility index (Phi) is 5.25. The lowest BCUT2D eigenvalue weighted by Gasteiger charge is -2.08. The average molecular weight is 365 g/mol. The van der Waals surface area contributed by atoms with Gasteiger partial charge in [-0.3, -0.25) is 0 Å². The fraction of sp³-hybridized carbons (Fsp3) is 0.105. The number of aromatic amines is 1. The number of esters is 1. The predicted octanol–water partition coefficient (Wildman–Crippen LogP) is 3.93. The molecule has 0 aliphatic rings. The molecule has 0 unspecified atom stereocenters. The number of aromatic nitrogens is 2. The van der Waals surface area contributed by atoms with E-state index in [4.69, 9.17) is 4.74 Å². The van der Waals surface area contributed by atoms with Crippen molar-refractivity contribution in [3.8, 4) is 6.07 Å². The molecule has 0 bridgehead atoms. The quantitative estimate of drug-likeness (QED) is 0.308. The molecule has 2 N–H and O–H groups in total. The molecular weight excluding hydrogens is 350 g/mol. The van der Waals surface area contributed by atoms with E-state index in [1.54, 1.807) is 18.2 Å². The summed E-state index contributed by atoms with van der Waals surface area (Å²) in [4.78, 5) is 20.3. The van der Waals surface area contributed by atoms with Crippen LogP contribution in [0, 0.1) is 11.3 Å². The Labute approximate surface area is 154 Å². The molecule has 1 aromatic heterocycles. The van der Waals surface area contributed by atoms with Gasteiger partial charge in [-0.2, -0.15) is 5.26 Å². The van der Waals surface area contributed by atoms with Crippen molar-refractivity contribution in [3.05, 3.63) is 65.7 Å². The third kappa shape index (κ3) is 3.55. The number of hydrogen-bond donors (Lipinski definition) is 2. The summed E-state index contributed by atoms with van der Waals surface area (Å²) in [5, 5.41) is 19.6. The van der Waals surface area contributed by atoms with Gasteiger partial charge in [-0.1, -0.05) is 24.3 Å². The number of nitriles is 1. The third-order valence-corrected chi connectivity index (χ3v) is 4.49. The molecule has 0 aliphatic heterocycles. The zero-order valence-electron chi connectivity index (χ0n) is 13.9. The summed E-state index contributed by atoms with van der Waals surface area (Å²) >= 11 is 1.43. The minimum atomic E-state index is -0.566. The molecule has 0 atom stereocenters. The summed E-state index contributed by atoms with van der Waals surface area (Å²) in [5.41, 5.74) is 1.77. The highest BCUT2D eigenvalue weighted by Gasteiger charge is 2.17. The molecule has 0 spiro atoms. The van der Waals surface area contributed by atoms with Crippen molar-refractivity contribution in [2.45, 2.75) is 4.90 Å². The average Bonchev–Trinajstić information content (AvgIpc) is 3.10. The number of nitrogens with zero attached hydrogens (tertiary/aromatic N) is 2. The Balaban J connectivity index is 1.81. The second-order valence-corrected chi connectivity index (χ2v) is 6.16. The van der Waals surface area contributed by atoms with Crippen molar-refractivity contribution in [2.24, 2.45) is 0 Å². The topological polar surface area (TPSA) is 99.0 Å². The van der Waals surface area contributed by atoms with Crippen LogP contribution in [0.25, 0.3) is 16.6 Å². The Morgan fingerprint density at radius 3 is 2.73 bits per heavy atom. The summed E-state index contributed by atoms with van der Waals surface area (Å²) < 4.78 is 5.16. The molecule has 3 rings (SSSR count). The van der Waals surface area contributed by atoms with E-state index >= 15 is 0 Å². The number of allylic oxidation sites excluding steroid dienone is 1. The first-order valence-corrected chi connectivity index (χ1v) is 8.94. The van der Waals surface area contributed by atoms with Gasteiger partial charge in [-0.25, -0.2) is 9.78 Å². The molecule has 0 amide bonds. The van der Waals surface area contributed by atoms with Gasteiger partial charge in [0.1, 0.15) is 18.2 Å². The number of H-pyrrole nitrogens is 1. The number of rotatable bonds is 5. The first-order valence-electron chi connectivity index (χ1n) is 7.71. The third-order valence-electron chi connectivity index (χ3n) is 3.69. The zero-order valence-corrected chi connectivity index (χ0v) is 14.7. The molecule has 0 saturated heterocycles. The Morgan fingerprint density at radius 1 is 1.27 bits per heavy atom. The van der Waals surface area contributed by atoms with Gasteiger partial charge < -0.3 is 14.8 Å². The molecule has 0 saturated carbocycles. The monoisotopic (exact) mass is 365 g/mol. The normalized spacial score (nSPS) is 11.7. The van der Waals surface area contributed by atoms with Gasteiger partial charge in [-0.05, 0) is 30.5 Å². The first-order chi connectivity index (χ1) is 12.6. The number of carbonyl (C=O) groups excluding carboxylic acids is 1. The van der Waals surface area contributed by atoms with Gasteiger partial charge in [0.05, 0.1) is 16.6 Å². The maximum absolute atomic E-state index is 12.2. The number of nitrogens with one attached hydrogen (secondary N) is 1. The van der Waals surface area contributed by atoms with E-state index in [-0.39, 0.29) is 17.2 Å². The second-order valence-electron chi connectivity index (χ2n) is 5.31. The summed E-state index contributed by atoms with van der Waals surface area (Å²) in [7, 11) is 0. The van der Waals surface area contributed by atoms with Gasteiger partial charge >= 0.3 is 5.97 Å². The highest BCUT2D eigenvalue weighted by atomic mass is 32.2. The number of aliphatic hydroxyl groups excluding tert-OH is 1. The summed E-state index contributed by atoms with van der Waals surface area (Å²) in [6, 6.07) is 16.2. The first kappa shape index (κ1) is 17.6. The highest BCUT2D eigenvalue weighted by Crippen LogP contribution is 2.22. The van der Waals surface area contributed by atoms with Crippen LogP contribution in [-0.2, 0) is 4.74 Å². The van der Waals surface area contributed by atoms with E-state index in [9.17, 15) is 15.2 Å². The number of hydrogen-bond acceptors (Lipinski definition) is 6. The Bertz CT molecular complexity index is 1000. The maximum atomic E-state index is 12.2. The van der Waals surface area contributed by atoms with E-state index in [0.29, 0.717) is 11.1 Å². The van der Waals surface area contributed by atoms with Gasteiger partial charge in [0.15, 0.2) is 11.6 Å². The minimum Gasteiger partial charge on any atom is -0.507 e. The lowest BCUT2D eigenvalue weighted by Crippen LogP contribution is -2.10. The number of thioether (sulfide) groups is 1. The van der Waals surface area contributed by atoms with Gasteiger partial charge in [-0.15, -0.1) is 11.8 Å². The van der Waals surface area contributed by atoms with Crippen LogP contribution in [0.1, 0.15) is 16.2 Å². The number of imidazole rings is 1. The predicted molar refractivity (Wildman–Crippen MR) is 99.8 cm³/mol. The van der Waals surface area contributed by atoms with Crippen molar-refractivity contribution in [2.75, 3.05) is 12.9 Å². The molecule has 0 aliphatic carbocycles.